The summed E-state index contributed by atoms with van der Waals surface area (Å²) >= 11 is 0. The van der Waals surface area contributed by atoms with E-state index in [1.807, 2.05) is 0 Å². The molecule has 0 unspecified atom stereocenters. The van der Waals surface area contributed by atoms with Crippen molar-refractivity contribution in [1.82, 2.24) is 5.32 Å². The molecule has 1 aliphatic rings. The number of aliphatic carboxylic acids is 1. The van der Waals surface area contributed by atoms with E-state index in [-0.39, 0.29) is 6.54 Å². The van der Waals surface area contributed by atoms with Crippen LogP contribution in [0.2, 0.25) is 0 Å². The van der Waals surface area contributed by atoms with E-state index in [4.69, 9.17) is 15.1 Å². The van der Waals surface area contributed by atoms with Gasteiger partial charge in [-0.05, 0) is 12.8 Å². The number of hydrogen-bond donors (Lipinski definition) is 2. The normalized spacial score (nSPS) is 25.4. The zero-order valence-electron chi connectivity index (χ0n) is 7.40. The number of ether oxygens (including phenoxy) is 1. The molecule has 1 amide bonds. The van der Waals surface area contributed by atoms with Crippen LogP contribution in [-0.4, -0.2) is 35.7 Å². The topological polar surface area (TPSA) is 99.4 Å². The Morgan fingerprint density at radius 1 is 1.50 bits per heavy atom. The highest BCUT2D eigenvalue weighted by molar-refractivity contribution is 5.82. The minimum Gasteiger partial charge on any atom is -0.479 e. The highest BCUT2D eigenvalue weighted by atomic mass is 16.5. The summed E-state index contributed by atoms with van der Waals surface area (Å²) in [4.78, 5) is 21.7. The van der Waals surface area contributed by atoms with Crippen molar-refractivity contribution in [1.29, 1.82) is 5.26 Å². The largest absolute Gasteiger partial charge is 0.479 e. The second kappa shape index (κ2) is 4.58. The number of nitriles is 1. The molecule has 1 aliphatic heterocycles. The van der Waals surface area contributed by atoms with Crippen LogP contribution in [0.3, 0.4) is 0 Å². The number of carbonyl (C=O) groups excluding carboxylic acids is 1. The first kappa shape index (κ1) is 10.5. The monoisotopic (exact) mass is 198 g/mol. The third-order valence-corrected chi connectivity index (χ3v) is 1.93. The molecule has 76 valence electrons. The SMILES string of the molecule is N#CCNC(=O)[C@@H]1CC[C@H](C(=O)O)O1. The van der Waals surface area contributed by atoms with Gasteiger partial charge in [-0.1, -0.05) is 0 Å². The molecule has 2 N–H and O–H groups in total. The van der Waals surface area contributed by atoms with Crippen LogP contribution in [0.15, 0.2) is 0 Å². The zero-order valence-corrected chi connectivity index (χ0v) is 7.40. The van der Waals surface area contributed by atoms with E-state index >= 15 is 0 Å². The third-order valence-electron chi connectivity index (χ3n) is 1.93. The Bertz CT molecular complexity index is 284. The molecule has 0 aromatic rings. The molecule has 6 heteroatoms. The summed E-state index contributed by atoms with van der Waals surface area (Å²) in [7, 11) is 0. The molecule has 1 rings (SSSR count). The number of carbonyl (C=O) groups is 2. The van der Waals surface area contributed by atoms with E-state index in [9.17, 15) is 9.59 Å². The molecule has 2 atom stereocenters. The van der Waals surface area contributed by atoms with Crippen LogP contribution < -0.4 is 5.32 Å². The minimum absolute atomic E-state index is 0.0869. The fraction of sp³-hybridized carbons (Fsp3) is 0.625. The Labute approximate surface area is 80.5 Å². The Morgan fingerprint density at radius 3 is 2.64 bits per heavy atom. The van der Waals surface area contributed by atoms with Gasteiger partial charge in [-0.2, -0.15) is 5.26 Å². The van der Waals surface area contributed by atoms with Crippen LogP contribution in [0.25, 0.3) is 0 Å². The summed E-state index contributed by atoms with van der Waals surface area (Å²) in [6.07, 6.45) is -0.911. The molecule has 0 aliphatic carbocycles. The molecule has 1 saturated heterocycles. The van der Waals surface area contributed by atoms with Crippen molar-refractivity contribution in [2.75, 3.05) is 6.54 Å². The Hall–Kier alpha value is -1.61. The molecule has 0 spiro atoms. The summed E-state index contributed by atoms with van der Waals surface area (Å²) in [5.41, 5.74) is 0. The van der Waals surface area contributed by atoms with Crippen LogP contribution >= 0.6 is 0 Å². The van der Waals surface area contributed by atoms with Crippen molar-refractivity contribution in [2.24, 2.45) is 0 Å². The van der Waals surface area contributed by atoms with Gasteiger partial charge < -0.3 is 15.2 Å². The highest BCUT2D eigenvalue weighted by Crippen LogP contribution is 2.19. The van der Waals surface area contributed by atoms with E-state index in [2.05, 4.69) is 5.32 Å². The Kier molecular flexibility index (Phi) is 3.42. The van der Waals surface area contributed by atoms with Crippen molar-refractivity contribution in [2.45, 2.75) is 25.0 Å². The van der Waals surface area contributed by atoms with Gasteiger partial charge in [0.05, 0.1) is 6.07 Å². The first-order chi connectivity index (χ1) is 6.65. The van der Waals surface area contributed by atoms with Crippen molar-refractivity contribution < 1.29 is 19.4 Å². The zero-order chi connectivity index (χ0) is 10.6. The molecule has 1 fully saturated rings. The van der Waals surface area contributed by atoms with Gasteiger partial charge in [0, 0.05) is 0 Å². The fourth-order valence-electron chi connectivity index (χ4n) is 1.25. The number of amides is 1. The maximum atomic E-state index is 11.2. The summed E-state index contributed by atoms with van der Waals surface area (Å²) in [5, 5.41) is 19.1. The lowest BCUT2D eigenvalue weighted by atomic mass is 10.2. The molecular formula is C8H10N2O4. The number of nitrogens with zero attached hydrogens (tertiary/aromatic N) is 1. The summed E-state index contributed by atoms with van der Waals surface area (Å²) < 4.78 is 4.96. The van der Waals surface area contributed by atoms with E-state index in [0.717, 1.165) is 0 Å². The lowest BCUT2D eigenvalue weighted by Gasteiger charge is -2.09. The molecule has 0 saturated carbocycles. The Balaban J connectivity index is 2.38. The van der Waals surface area contributed by atoms with E-state index in [0.29, 0.717) is 12.8 Å². The van der Waals surface area contributed by atoms with Crippen LogP contribution in [0, 0.1) is 11.3 Å². The fourth-order valence-corrected chi connectivity index (χ4v) is 1.25. The lowest BCUT2D eigenvalue weighted by Crippen LogP contribution is -2.35. The first-order valence-electron chi connectivity index (χ1n) is 4.18. The van der Waals surface area contributed by atoms with Crippen molar-refractivity contribution in [3.63, 3.8) is 0 Å². The molecule has 1 heterocycles. The van der Waals surface area contributed by atoms with E-state index in [1.54, 1.807) is 6.07 Å². The third kappa shape index (κ3) is 2.44. The minimum atomic E-state index is -1.06. The van der Waals surface area contributed by atoms with E-state index in [1.165, 1.54) is 0 Å². The van der Waals surface area contributed by atoms with E-state index < -0.39 is 24.1 Å². The smallest absolute Gasteiger partial charge is 0.332 e. The number of nitrogens with one attached hydrogen (secondary N) is 1. The second-order valence-electron chi connectivity index (χ2n) is 2.90. The van der Waals surface area contributed by atoms with Crippen LogP contribution in [0.1, 0.15) is 12.8 Å². The average molecular weight is 198 g/mol. The molecule has 14 heavy (non-hydrogen) atoms. The first-order valence-corrected chi connectivity index (χ1v) is 4.18. The molecule has 0 radical (unpaired) electrons. The number of hydrogen-bond acceptors (Lipinski definition) is 4. The predicted octanol–water partition coefficient (Wildman–Crippen LogP) is -0.742. The van der Waals surface area contributed by atoms with Crippen molar-refractivity contribution in [3.05, 3.63) is 0 Å². The number of carboxylic acid groups (broad SMARTS) is 1. The van der Waals surface area contributed by atoms with Gasteiger partial charge in [0.15, 0.2) is 6.10 Å². The van der Waals surface area contributed by atoms with Gasteiger partial charge in [0.2, 0.25) is 5.91 Å². The molecule has 6 nitrogen and oxygen atoms in total. The molecule has 0 bridgehead atoms. The molecule has 0 aromatic heterocycles. The van der Waals surface area contributed by atoms with Gasteiger partial charge in [0.1, 0.15) is 12.6 Å². The van der Waals surface area contributed by atoms with Crippen molar-refractivity contribution in [3.8, 4) is 6.07 Å². The molecular weight excluding hydrogens is 188 g/mol. The summed E-state index contributed by atoms with van der Waals surface area (Å²) in [5.74, 6) is -1.48. The standard InChI is InChI=1S/C8H10N2O4/c9-3-4-10-7(11)5-1-2-6(14-5)8(12)13/h5-6H,1-2,4H2,(H,10,11)(H,12,13)/t5-,6+/m0/s1. The van der Waals surface area contributed by atoms with Crippen molar-refractivity contribution >= 4 is 11.9 Å². The highest BCUT2D eigenvalue weighted by Gasteiger charge is 2.34. The Morgan fingerprint density at radius 2 is 2.14 bits per heavy atom. The second-order valence-corrected chi connectivity index (χ2v) is 2.90. The maximum Gasteiger partial charge on any atom is 0.332 e. The van der Waals surface area contributed by atoms with Gasteiger partial charge in [-0.25, -0.2) is 4.79 Å². The number of carboxylic acids is 1. The lowest BCUT2D eigenvalue weighted by molar-refractivity contribution is -0.151. The van der Waals surface area contributed by atoms with Gasteiger partial charge in [0.25, 0.3) is 0 Å². The number of rotatable bonds is 3. The van der Waals surface area contributed by atoms with Gasteiger partial charge >= 0.3 is 5.97 Å². The van der Waals surface area contributed by atoms with Gasteiger partial charge in [-0.3, -0.25) is 4.79 Å². The van der Waals surface area contributed by atoms with Crippen LogP contribution in [-0.2, 0) is 14.3 Å². The van der Waals surface area contributed by atoms with Crippen LogP contribution in [0.4, 0.5) is 0 Å². The predicted molar refractivity (Wildman–Crippen MR) is 44.2 cm³/mol. The quantitative estimate of drug-likeness (QED) is 0.582. The van der Waals surface area contributed by atoms with Crippen LogP contribution in [0.5, 0.6) is 0 Å². The van der Waals surface area contributed by atoms with Gasteiger partial charge in [-0.15, -0.1) is 0 Å². The summed E-state index contributed by atoms with van der Waals surface area (Å²) in [6, 6.07) is 1.75. The molecule has 0 aromatic carbocycles. The summed E-state index contributed by atoms with van der Waals surface area (Å²) in [6.45, 7) is -0.0869. The average Bonchev–Trinajstić information content (AvgIpc) is 2.62. The maximum absolute atomic E-state index is 11.2.